The lowest BCUT2D eigenvalue weighted by molar-refractivity contribution is 0.0676. The maximum Gasteiger partial charge on any atom is 0.282 e. The summed E-state index contributed by atoms with van der Waals surface area (Å²) in [5.41, 5.74) is 5.50. The second-order valence-electron chi connectivity index (χ2n) is 4.86. The van der Waals surface area contributed by atoms with Gasteiger partial charge in [0.1, 0.15) is 0 Å². The Morgan fingerprint density at radius 2 is 1.94 bits per heavy atom. The van der Waals surface area contributed by atoms with Crippen LogP contribution in [0.1, 0.15) is 25.7 Å². The zero-order chi connectivity index (χ0) is 13.0. The molecule has 0 unspecified atom stereocenters. The van der Waals surface area contributed by atoms with Crippen LogP contribution < -0.4 is 5.73 Å². The average Bonchev–Trinajstić information content (AvgIpc) is 2.33. The number of hydrogen-bond donors (Lipinski definition) is 1. The molecule has 18 heavy (non-hydrogen) atoms. The maximum atomic E-state index is 12.6. The summed E-state index contributed by atoms with van der Waals surface area (Å²) in [6.45, 7) is 2.99. The highest BCUT2D eigenvalue weighted by Gasteiger charge is 2.37. The minimum atomic E-state index is -3.33. The van der Waals surface area contributed by atoms with Gasteiger partial charge in [-0.25, -0.2) is 0 Å². The molecule has 1 aliphatic heterocycles. The highest BCUT2D eigenvalue weighted by atomic mass is 32.2. The van der Waals surface area contributed by atoms with Crippen molar-refractivity contribution >= 4 is 10.2 Å². The van der Waals surface area contributed by atoms with Crippen molar-refractivity contribution in [1.29, 1.82) is 0 Å². The number of ether oxygens (including phenoxy) is 1. The lowest BCUT2D eigenvalue weighted by Gasteiger charge is -2.40. The lowest BCUT2D eigenvalue weighted by Crippen LogP contribution is -2.53. The number of morpholine rings is 1. The Morgan fingerprint density at radius 3 is 2.44 bits per heavy atom. The van der Waals surface area contributed by atoms with Crippen LogP contribution in [0.25, 0.3) is 0 Å². The van der Waals surface area contributed by atoms with E-state index >= 15 is 0 Å². The van der Waals surface area contributed by atoms with Gasteiger partial charge in [0.15, 0.2) is 0 Å². The molecule has 1 saturated carbocycles. The molecular weight excluding hydrogens is 254 g/mol. The Hall–Kier alpha value is -0.210. The average molecular weight is 277 g/mol. The molecule has 2 aliphatic rings. The molecule has 2 fully saturated rings. The molecule has 0 aromatic carbocycles. The summed E-state index contributed by atoms with van der Waals surface area (Å²) in [6.07, 6.45) is 3.81. The Labute approximate surface area is 109 Å². The molecule has 2 rings (SSSR count). The molecular formula is C11H23N3O3S. The van der Waals surface area contributed by atoms with E-state index in [1.165, 1.54) is 0 Å². The summed E-state index contributed by atoms with van der Waals surface area (Å²) in [6, 6.07) is 0.185. The van der Waals surface area contributed by atoms with E-state index in [-0.39, 0.29) is 6.04 Å². The second kappa shape index (κ2) is 6.29. The number of nitrogens with two attached hydrogens (primary N) is 1. The van der Waals surface area contributed by atoms with E-state index in [9.17, 15) is 8.42 Å². The second-order valence-corrected chi connectivity index (χ2v) is 6.74. The van der Waals surface area contributed by atoms with Gasteiger partial charge in [0.25, 0.3) is 10.2 Å². The Bertz CT molecular complexity index is 351. The molecule has 0 aromatic rings. The van der Waals surface area contributed by atoms with E-state index in [4.69, 9.17) is 10.5 Å². The third kappa shape index (κ3) is 3.03. The van der Waals surface area contributed by atoms with Crippen LogP contribution in [0.5, 0.6) is 0 Å². The highest BCUT2D eigenvalue weighted by molar-refractivity contribution is 7.86. The van der Waals surface area contributed by atoms with Crippen LogP contribution in [0.3, 0.4) is 0 Å². The summed E-state index contributed by atoms with van der Waals surface area (Å²) in [5.74, 6) is 0. The fraction of sp³-hybridized carbons (Fsp3) is 1.00. The van der Waals surface area contributed by atoms with Crippen LogP contribution in [0.15, 0.2) is 0 Å². The molecule has 1 saturated heterocycles. The fourth-order valence-electron chi connectivity index (χ4n) is 2.33. The van der Waals surface area contributed by atoms with Crippen molar-refractivity contribution in [2.45, 2.75) is 31.7 Å². The number of nitrogens with zero attached hydrogens (tertiary/aromatic N) is 2. The third-order valence-electron chi connectivity index (χ3n) is 3.66. The van der Waals surface area contributed by atoms with Crippen molar-refractivity contribution in [1.82, 2.24) is 8.61 Å². The van der Waals surface area contributed by atoms with Gasteiger partial charge in [-0.2, -0.15) is 17.0 Å². The number of hydrogen-bond acceptors (Lipinski definition) is 4. The molecule has 7 heteroatoms. The maximum absolute atomic E-state index is 12.6. The first-order valence-electron chi connectivity index (χ1n) is 6.71. The van der Waals surface area contributed by atoms with E-state index < -0.39 is 10.2 Å². The summed E-state index contributed by atoms with van der Waals surface area (Å²) in [5, 5.41) is 0. The molecule has 0 amide bonds. The van der Waals surface area contributed by atoms with Gasteiger partial charge in [-0.15, -0.1) is 0 Å². The third-order valence-corrected chi connectivity index (χ3v) is 5.75. The Balaban J connectivity index is 2.06. The van der Waals surface area contributed by atoms with Crippen molar-refractivity contribution < 1.29 is 13.2 Å². The van der Waals surface area contributed by atoms with Gasteiger partial charge in [-0.1, -0.05) is 6.42 Å². The monoisotopic (exact) mass is 277 g/mol. The molecule has 0 bridgehead atoms. The molecule has 1 heterocycles. The van der Waals surface area contributed by atoms with Gasteiger partial charge in [-0.3, -0.25) is 0 Å². The van der Waals surface area contributed by atoms with E-state index in [0.717, 1.165) is 25.7 Å². The summed E-state index contributed by atoms with van der Waals surface area (Å²) >= 11 is 0. The van der Waals surface area contributed by atoms with Crippen molar-refractivity contribution in [3.05, 3.63) is 0 Å². The van der Waals surface area contributed by atoms with Crippen LogP contribution >= 0.6 is 0 Å². The zero-order valence-corrected chi connectivity index (χ0v) is 11.6. The first kappa shape index (κ1) is 14.2. The highest BCUT2D eigenvalue weighted by Crippen LogP contribution is 2.28. The van der Waals surface area contributed by atoms with Gasteiger partial charge >= 0.3 is 0 Å². The van der Waals surface area contributed by atoms with Gasteiger partial charge in [0, 0.05) is 25.7 Å². The molecule has 2 N–H and O–H groups in total. The lowest BCUT2D eigenvalue weighted by atomic mass is 9.93. The first-order valence-corrected chi connectivity index (χ1v) is 8.10. The fourth-order valence-corrected chi connectivity index (χ4v) is 4.19. The van der Waals surface area contributed by atoms with Crippen LogP contribution in [0.4, 0.5) is 0 Å². The topological polar surface area (TPSA) is 75.9 Å². The molecule has 6 nitrogen and oxygen atoms in total. The van der Waals surface area contributed by atoms with E-state index in [2.05, 4.69) is 0 Å². The molecule has 106 valence electrons. The van der Waals surface area contributed by atoms with Crippen molar-refractivity contribution in [2.24, 2.45) is 5.73 Å². The van der Waals surface area contributed by atoms with Crippen LogP contribution in [0, 0.1) is 0 Å². The SMILES string of the molecule is NCCCN(C1CCC1)S(=O)(=O)N1CCOCC1. The zero-order valence-electron chi connectivity index (χ0n) is 10.8. The minimum Gasteiger partial charge on any atom is -0.379 e. The Kier molecular flexibility index (Phi) is 4.97. The number of rotatable bonds is 6. The van der Waals surface area contributed by atoms with Crippen molar-refractivity contribution in [2.75, 3.05) is 39.4 Å². The van der Waals surface area contributed by atoms with Crippen molar-refractivity contribution in [3.63, 3.8) is 0 Å². The van der Waals surface area contributed by atoms with Gasteiger partial charge in [0.2, 0.25) is 0 Å². The molecule has 0 aromatic heterocycles. The van der Waals surface area contributed by atoms with Gasteiger partial charge in [-0.05, 0) is 25.8 Å². The minimum absolute atomic E-state index is 0.185. The quantitative estimate of drug-likeness (QED) is 0.727. The van der Waals surface area contributed by atoms with E-state index in [0.29, 0.717) is 39.4 Å². The summed E-state index contributed by atoms with van der Waals surface area (Å²) < 4.78 is 33.6. The standard InChI is InChI=1S/C11H23N3O3S/c12-5-2-6-14(11-3-1-4-11)18(15,16)13-7-9-17-10-8-13/h11H,1-10,12H2. The predicted octanol–water partition coefficient (Wildman–Crippen LogP) is -0.233. The normalized spacial score (nSPS) is 23.2. The van der Waals surface area contributed by atoms with Gasteiger partial charge in [0.05, 0.1) is 13.2 Å². The van der Waals surface area contributed by atoms with Crippen molar-refractivity contribution in [3.8, 4) is 0 Å². The smallest absolute Gasteiger partial charge is 0.282 e. The van der Waals surface area contributed by atoms with Gasteiger partial charge < -0.3 is 10.5 Å². The van der Waals surface area contributed by atoms with Crippen LogP contribution in [-0.2, 0) is 14.9 Å². The molecule has 0 atom stereocenters. The summed E-state index contributed by atoms with van der Waals surface area (Å²) in [4.78, 5) is 0. The Morgan fingerprint density at radius 1 is 1.28 bits per heavy atom. The largest absolute Gasteiger partial charge is 0.379 e. The van der Waals surface area contributed by atoms with Crippen LogP contribution in [0.2, 0.25) is 0 Å². The predicted molar refractivity (Wildman–Crippen MR) is 69.3 cm³/mol. The molecule has 0 radical (unpaired) electrons. The summed E-state index contributed by atoms with van der Waals surface area (Å²) in [7, 11) is -3.33. The first-order chi connectivity index (χ1) is 8.66. The van der Waals surface area contributed by atoms with Crippen LogP contribution in [-0.4, -0.2) is 62.5 Å². The van der Waals surface area contributed by atoms with E-state index in [1.54, 1.807) is 8.61 Å². The van der Waals surface area contributed by atoms with E-state index in [1.807, 2.05) is 0 Å². The molecule has 1 aliphatic carbocycles. The molecule has 0 spiro atoms.